The Morgan fingerprint density at radius 2 is 1.67 bits per heavy atom. The number of nitrogens with zero attached hydrogens (tertiary/aromatic N) is 1. The van der Waals surface area contributed by atoms with Gasteiger partial charge in [0.2, 0.25) is 5.91 Å². The summed E-state index contributed by atoms with van der Waals surface area (Å²) in [5.74, 6) is -0.761. The molecule has 0 spiro atoms. The molecule has 0 aliphatic rings. The van der Waals surface area contributed by atoms with Gasteiger partial charge >= 0.3 is 5.69 Å². The first-order valence-corrected chi connectivity index (χ1v) is 8.10. The lowest BCUT2D eigenvalue weighted by atomic mass is 10.3. The van der Waals surface area contributed by atoms with E-state index in [1.54, 1.807) is 30.3 Å². The molecule has 9 nitrogen and oxygen atoms in total. The monoisotopic (exact) mass is 388 g/mol. The van der Waals surface area contributed by atoms with E-state index in [-0.39, 0.29) is 22.5 Å². The second-order valence-electron chi connectivity index (χ2n) is 5.27. The molecule has 27 heavy (non-hydrogen) atoms. The van der Waals surface area contributed by atoms with Crippen molar-refractivity contribution in [1.82, 2.24) is 5.32 Å². The van der Waals surface area contributed by atoms with Gasteiger partial charge in [0.15, 0.2) is 17.5 Å². The van der Waals surface area contributed by atoms with E-state index >= 15 is 0 Å². The highest BCUT2D eigenvalue weighted by atomic mass is 32.1. The number of nitro groups is 1. The zero-order valence-electron chi connectivity index (χ0n) is 14.2. The molecule has 0 atom stereocenters. The molecule has 0 unspecified atom stereocenters. The van der Waals surface area contributed by atoms with Crippen molar-refractivity contribution >= 4 is 46.2 Å². The van der Waals surface area contributed by atoms with Crippen LogP contribution in [0.2, 0.25) is 0 Å². The second kappa shape index (κ2) is 9.25. The number of nitrogens with one attached hydrogen (secondary N) is 3. The highest BCUT2D eigenvalue weighted by Crippen LogP contribution is 2.25. The lowest BCUT2D eigenvalue weighted by molar-refractivity contribution is -0.385. The summed E-state index contributed by atoms with van der Waals surface area (Å²) in [5, 5.41) is 18.8. The minimum absolute atomic E-state index is 0.00918. The van der Waals surface area contributed by atoms with Gasteiger partial charge in [0.1, 0.15) is 0 Å². The Bertz CT molecular complexity index is 870. The summed E-state index contributed by atoms with van der Waals surface area (Å²) in [4.78, 5) is 33.2. The number of anilines is 2. The van der Waals surface area contributed by atoms with Crippen LogP contribution in [0.5, 0.6) is 5.75 Å². The predicted octanol–water partition coefficient (Wildman–Crippen LogP) is 2.45. The first kappa shape index (κ1) is 19.8. The van der Waals surface area contributed by atoms with E-state index in [2.05, 4.69) is 16.0 Å². The summed E-state index contributed by atoms with van der Waals surface area (Å²) < 4.78 is 5.18. The molecule has 0 aliphatic heterocycles. The van der Waals surface area contributed by atoms with Crippen LogP contribution in [0.3, 0.4) is 0 Å². The lowest BCUT2D eigenvalue weighted by Crippen LogP contribution is -2.37. The maximum absolute atomic E-state index is 11.9. The van der Waals surface area contributed by atoms with Crippen LogP contribution in [0, 0.1) is 10.1 Å². The van der Waals surface area contributed by atoms with Crippen molar-refractivity contribution in [2.75, 3.05) is 17.2 Å². The molecule has 10 heteroatoms. The maximum Gasteiger partial charge on any atom is 0.310 e. The first-order valence-electron chi connectivity index (χ1n) is 7.70. The number of rotatable bonds is 6. The Kier molecular flexibility index (Phi) is 6.78. The van der Waals surface area contributed by atoms with E-state index in [9.17, 15) is 19.7 Å². The Hall–Kier alpha value is -3.53. The number of para-hydroxylation sites is 2. The smallest absolute Gasteiger partial charge is 0.310 e. The van der Waals surface area contributed by atoms with Crippen LogP contribution in [0.15, 0.2) is 48.5 Å². The molecular weight excluding hydrogens is 372 g/mol. The van der Waals surface area contributed by atoms with Crippen molar-refractivity contribution in [2.24, 2.45) is 0 Å². The van der Waals surface area contributed by atoms with Crippen molar-refractivity contribution in [2.45, 2.75) is 6.92 Å². The van der Waals surface area contributed by atoms with Gasteiger partial charge in [0.05, 0.1) is 4.92 Å². The average molecular weight is 388 g/mol. The molecule has 0 heterocycles. The van der Waals surface area contributed by atoms with Crippen molar-refractivity contribution in [3.63, 3.8) is 0 Å². The van der Waals surface area contributed by atoms with Gasteiger partial charge in [-0.05, 0) is 42.5 Å². The van der Waals surface area contributed by atoms with Gasteiger partial charge in [-0.3, -0.25) is 25.0 Å². The summed E-state index contributed by atoms with van der Waals surface area (Å²) in [5.41, 5.74) is 1.00. The summed E-state index contributed by atoms with van der Waals surface area (Å²) in [6, 6.07) is 12.4. The van der Waals surface area contributed by atoms with E-state index < -0.39 is 17.4 Å². The fourth-order valence-corrected chi connectivity index (χ4v) is 2.27. The zero-order valence-corrected chi connectivity index (χ0v) is 15.0. The van der Waals surface area contributed by atoms with E-state index in [4.69, 9.17) is 17.0 Å². The van der Waals surface area contributed by atoms with E-state index in [0.29, 0.717) is 11.4 Å². The number of carbonyl (C=O) groups is 2. The number of carbonyl (C=O) groups excluding carboxylic acids is 2. The minimum atomic E-state index is -0.593. The predicted molar refractivity (Wildman–Crippen MR) is 104 cm³/mol. The molecule has 2 aromatic rings. The number of thiocarbonyl (C=S) groups is 1. The standard InChI is InChI=1S/C17H16N4O5S/c1-11(22)18-12-6-8-13(9-7-12)19-17(27)20-16(23)10-26-15-5-3-2-4-14(15)21(24)25/h2-9H,10H2,1H3,(H,18,22)(H2,19,20,23,27). The molecule has 3 N–H and O–H groups in total. The highest BCUT2D eigenvalue weighted by molar-refractivity contribution is 7.80. The maximum atomic E-state index is 11.9. The molecule has 2 rings (SSSR count). The van der Waals surface area contributed by atoms with Crippen molar-refractivity contribution in [3.05, 3.63) is 58.6 Å². The van der Waals surface area contributed by atoms with Crippen LogP contribution in [0.4, 0.5) is 17.1 Å². The molecule has 0 bridgehead atoms. The van der Waals surface area contributed by atoms with Crippen LogP contribution >= 0.6 is 12.2 Å². The molecular formula is C17H16N4O5S. The van der Waals surface area contributed by atoms with Crippen molar-refractivity contribution in [3.8, 4) is 5.75 Å². The van der Waals surface area contributed by atoms with Crippen LogP contribution in [0.25, 0.3) is 0 Å². The summed E-state index contributed by atoms with van der Waals surface area (Å²) in [6.07, 6.45) is 0. The number of nitro benzene ring substituents is 1. The van der Waals surface area contributed by atoms with Gasteiger partial charge in [-0.25, -0.2) is 0 Å². The molecule has 140 valence electrons. The molecule has 0 aromatic heterocycles. The number of hydrogen-bond donors (Lipinski definition) is 3. The minimum Gasteiger partial charge on any atom is -0.477 e. The van der Waals surface area contributed by atoms with Crippen LogP contribution in [-0.4, -0.2) is 28.5 Å². The molecule has 0 saturated carbocycles. The topological polar surface area (TPSA) is 123 Å². The van der Waals surface area contributed by atoms with Crippen molar-refractivity contribution < 1.29 is 19.2 Å². The molecule has 0 aliphatic carbocycles. The highest BCUT2D eigenvalue weighted by Gasteiger charge is 2.15. The SMILES string of the molecule is CC(=O)Nc1ccc(NC(=S)NC(=O)COc2ccccc2[N+](=O)[O-])cc1. The van der Waals surface area contributed by atoms with Gasteiger partial charge in [0.25, 0.3) is 5.91 Å². The largest absolute Gasteiger partial charge is 0.477 e. The van der Waals surface area contributed by atoms with Crippen LogP contribution < -0.4 is 20.7 Å². The zero-order chi connectivity index (χ0) is 19.8. The summed E-state index contributed by atoms with van der Waals surface area (Å²) in [6.45, 7) is 0.969. The molecule has 0 saturated heterocycles. The van der Waals surface area contributed by atoms with Gasteiger partial charge in [-0.1, -0.05) is 12.1 Å². The first-order chi connectivity index (χ1) is 12.8. The van der Waals surface area contributed by atoms with Crippen LogP contribution in [-0.2, 0) is 9.59 Å². The fourth-order valence-electron chi connectivity index (χ4n) is 2.04. The number of ether oxygens (including phenoxy) is 1. The van der Waals surface area contributed by atoms with Gasteiger partial charge < -0.3 is 15.4 Å². The third kappa shape index (κ3) is 6.36. The summed E-state index contributed by atoms with van der Waals surface area (Å²) in [7, 11) is 0. The molecule has 2 amide bonds. The normalized spacial score (nSPS) is 9.81. The Balaban J connectivity index is 1.84. The third-order valence-electron chi connectivity index (χ3n) is 3.14. The summed E-state index contributed by atoms with van der Waals surface area (Å²) >= 11 is 5.04. The molecule has 0 radical (unpaired) electrons. The Morgan fingerprint density at radius 3 is 2.26 bits per heavy atom. The number of amides is 2. The number of hydrogen-bond acceptors (Lipinski definition) is 6. The van der Waals surface area contributed by atoms with Crippen LogP contribution in [0.1, 0.15) is 6.92 Å². The third-order valence-corrected chi connectivity index (χ3v) is 3.34. The van der Waals surface area contributed by atoms with Gasteiger partial charge in [-0.2, -0.15) is 0 Å². The average Bonchev–Trinajstić information content (AvgIpc) is 2.61. The van der Waals surface area contributed by atoms with Gasteiger partial charge in [-0.15, -0.1) is 0 Å². The van der Waals surface area contributed by atoms with Crippen molar-refractivity contribution in [1.29, 1.82) is 0 Å². The Morgan fingerprint density at radius 1 is 1.07 bits per heavy atom. The van der Waals surface area contributed by atoms with Gasteiger partial charge in [0, 0.05) is 24.4 Å². The lowest BCUT2D eigenvalue weighted by Gasteiger charge is -2.11. The molecule has 0 fully saturated rings. The Labute approximate surface area is 159 Å². The quantitative estimate of drug-likeness (QED) is 0.395. The number of benzene rings is 2. The van der Waals surface area contributed by atoms with E-state index in [0.717, 1.165) is 0 Å². The van der Waals surface area contributed by atoms with E-state index in [1.165, 1.54) is 25.1 Å². The molecule has 2 aromatic carbocycles. The fraction of sp³-hybridized carbons (Fsp3) is 0.118. The van der Waals surface area contributed by atoms with E-state index in [1.807, 2.05) is 0 Å². The second-order valence-corrected chi connectivity index (χ2v) is 5.68.